The molecule has 2 nitrogen and oxygen atoms in total. The Morgan fingerprint density at radius 1 is 1.54 bits per heavy atom. The van der Waals surface area contributed by atoms with Crippen molar-refractivity contribution in [3.63, 3.8) is 0 Å². The molecule has 0 aliphatic heterocycles. The summed E-state index contributed by atoms with van der Waals surface area (Å²) in [5.41, 5.74) is 4.52. The van der Waals surface area contributed by atoms with Crippen LogP contribution in [0.3, 0.4) is 0 Å². The van der Waals surface area contributed by atoms with Crippen LogP contribution in [-0.4, -0.2) is 5.91 Å². The molecular weight excluding hydrogens is 176 g/mol. The van der Waals surface area contributed by atoms with Crippen LogP contribution in [0.4, 0.5) is 8.78 Å². The number of carbonyl (C=O) groups excluding carboxylic acids is 1. The van der Waals surface area contributed by atoms with E-state index in [0.29, 0.717) is 0 Å². The van der Waals surface area contributed by atoms with Gasteiger partial charge in [0.25, 0.3) is 5.91 Å². The van der Waals surface area contributed by atoms with Gasteiger partial charge < -0.3 is 5.73 Å². The molecule has 1 aromatic carbocycles. The van der Waals surface area contributed by atoms with Crippen molar-refractivity contribution in [1.82, 2.24) is 0 Å². The zero-order valence-electron chi connectivity index (χ0n) is 7.10. The zero-order valence-corrected chi connectivity index (χ0v) is 7.10. The molecule has 2 N–H and O–H groups in total. The van der Waals surface area contributed by atoms with E-state index in [1.807, 2.05) is 0 Å². The van der Waals surface area contributed by atoms with Gasteiger partial charge in [-0.15, -0.1) is 0 Å². The second-order valence-corrected chi connectivity index (χ2v) is 2.61. The molecule has 1 rings (SSSR count). The fourth-order valence-corrected chi connectivity index (χ4v) is 1.11. The maximum atomic E-state index is 13.2. The van der Waals surface area contributed by atoms with E-state index >= 15 is 0 Å². The van der Waals surface area contributed by atoms with Crippen LogP contribution in [-0.2, 0) is 6.42 Å². The lowest BCUT2D eigenvalue weighted by Crippen LogP contribution is -2.14. The Morgan fingerprint density at radius 2 is 2.15 bits per heavy atom. The molecule has 0 bridgehead atoms. The van der Waals surface area contributed by atoms with Crippen LogP contribution in [0.1, 0.15) is 24.3 Å². The van der Waals surface area contributed by atoms with Gasteiger partial charge in [-0.3, -0.25) is 4.79 Å². The highest BCUT2D eigenvalue weighted by Gasteiger charge is 2.14. The molecule has 0 heterocycles. The van der Waals surface area contributed by atoms with E-state index in [1.165, 1.54) is 0 Å². The molecule has 4 heteroatoms. The fraction of sp³-hybridized carbons (Fsp3) is 0.222. The average molecular weight is 187 g/mol. The van der Waals surface area contributed by atoms with Gasteiger partial charge in [0.15, 0.2) is 0 Å². The number of hydrogen-bond acceptors (Lipinski definition) is 1. The lowest BCUT2D eigenvalue weighted by molar-refractivity contribution is 0.0996. The van der Waals surface area contributed by atoms with Crippen molar-refractivity contribution in [3.8, 4) is 0 Å². The lowest BCUT2D eigenvalue weighted by Gasteiger charge is -2.04. The summed E-state index contributed by atoms with van der Waals surface area (Å²) in [6.45, 7) is 1.60. The van der Waals surface area contributed by atoms with Crippen molar-refractivity contribution in [3.05, 3.63) is 34.9 Å². The number of amides is 1. The molecule has 0 saturated heterocycles. The number of primary amides is 1. The smallest absolute Gasteiger partial charge is 0.251 e. The number of hydrogen-bond donors (Lipinski definition) is 1. The first-order valence-electron chi connectivity index (χ1n) is 3.84. The van der Waals surface area contributed by atoms with Gasteiger partial charge in [0.2, 0.25) is 0 Å². The van der Waals surface area contributed by atoms with Crippen molar-refractivity contribution in [1.29, 1.82) is 0 Å². The van der Waals surface area contributed by atoms with Crippen LogP contribution in [0.2, 0.25) is 0 Å². The SMILES string of the molecule is CCc1c(F)ccc(C(N)=O)c1F.[HH]. The van der Waals surface area contributed by atoms with Crippen molar-refractivity contribution in [2.24, 2.45) is 5.73 Å². The minimum Gasteiger partial charge on any atom is -0.366 e. The fourth-order valence-electron chi connectivity index (χ4n) is 1.11. The summed E-state index contributed by atoms with van der Waals surface area (Å²) in [6, 6.07) is 2.09. The highest BCUT2D eigenvalue weighted by molar-refractivity contribution is 5.93. The van der Waals surface area contributed by atoms with Gasteiger partial charge in [0.05, 0.1) is 5.56 Å². The van der Waals surface area contributed by atoms with Gasteiger partial charge in [0.1, 0.15) is 11.6 Å². The van der Waals surface area contributed by atoms with Gasteiger partial charge >= 0.3 is 0 Å². The number of carbonyl (C=O) groups is 1. The van der Waals surface area contributed by atoms with Crippen molar-refractivity contribution < 1.29 is 15.0 Å². The molecule has 1 amide bonds. The Balaban J connectivity index is 0.00000169. The van der Waals surface area contributed by atoms with Crippen LogP contribution in [0.25, 0.3) is 0 Å². The quantitative estimate of drug-likeness (QED) is 0.754. The highest BCUT2D eigenvalue weighted by Crippen LogP contribution is 2.16. The molecule has 0 radical (unpaired) electrons. The lowest BCUT2D eigenvalue weighted by atomic mass is 10.1. The number of benzene rings is 1. The van der Waals surface area contributed by atoms with E-state index < -0.39 is 17.5 Å². The molecule has 0 unspecified atom stereocenters. The van der Waals surface area contributed by atoms with Gasteiger partial charge in [-0.2, -0.15) is 0 Å². The molecule has 0 aromatic heterocycles. The molecule has 72 valence electrons. The van der Waals surface area contributed by atoms with Crippen LogP contribution in [0.5, 0.6) is 0 Å². The molecule has 1 aromatic rings. The molecule has 0 spiro atoms. The third kappa shape index (κ3) is 1.66. The van der Waals surface area contributed by atoms with E-state index in [9.17, 15) is 13.6 Å². The zero-order chi connectivity index (χ0) is 10.0. The Labute approximate surface area is 75.8 Å². The van der Waals surface area contributed by atoms with Crippen LogP contribution < -0.4 is 5.73 Å². The summed E-state index contributed by atoms with van der Waals surface area (Å²) in [5.74, 6) is -2.38. The van der Waals surface area contributed by atoms with Crippen molar-refractivity contribution >= 4 is 5.91 Å². The third-order valence-corrected chi connectivity index (χ3v) is 1.81. The van der Waals surface area contributed by atoms with E-state index in [0.717, 1.165) is 12.1 Å². The van der Waals surface area contributed by atoms with Gasteiger partial charge in [-0.1, -0.05) is 6.92 Å². The predicted molar refractivity (Wildman–Crippen MR) is 46.4 cm³/mol. The number of rotatable bonds is 2. The van der Waals surface area contributed by atoms with Crippen LogP contribution >= 0.6 is 0 Å². The van der Waals surface area contributed by atoms with E-state index in [2.05, 4.69) is 0 Å². The monoisotopic (exact) mass is 187 g/mol. The minimum atomic E-state index is -0.882. The Morgan fingerprint density at radius 3 is 2.62 bits per heavy atom. The van der Waals surface area contributed by atoms with Gasteiger partial charge in [0, 0.05) is 6.99 Å². The summed E-state index contributed by atoms with van der Waals surface area (Å²) >= 11 is 0. The first-order valence-corrected chi connectivity index (χ1v) is 3.84. The van der Waals surface area contributed by atoms with E-state index in [4.69, 9.17) is 5.73 Å². The average Bonchev–Trinajstić information content (AvgIpc) is 2.04. The number of halogens is 2. The summed E-state index contributed by atoms with van der Waals surface area (Å²) < 4.78 is 26.1. The van der Waals surface area contributed by atoms with Crippen molar-refractivity contribution in [2.45, 2.75) is 13.3 Å². The largest absolute Gasteiger partial charge is 0.366 e. The molecular formula is C9H11F2NO. The minimum absolute atomic E-state index is 0. The summed E-state index contributed by atoms with van der Waals surface area (Å²) in [4.78, 5) is 10.7. The first kappa shape index (κ1) is 9.64. The highest BCUT2D eigenvalue weighted by atomic mass is 19.1. The van der Waals surface area contributed by atoms with E-state index in [1.54, 1.807) is 6.92 Å². The molecule has 0 aliphatic rings. The predicted octanol–water partition coefficient (Wildman–Crippen LogP) is 1.87. The maximum absolute atomic E-state index is 13.2. The molecule has 13 heavy (non-hydrogen) atoms. The summed E-state index contributed by atoms with van der Waals surface area (Å²) in [5, 5.41) is 0. The van der Waals surface area contributed by atoms with Gasteiger partial charge in [-0.05, 0) is 18.6 Å². The standard InChI is InChI=1S/C9H9F2NO.H2/c1-2-5-7(10)4-3-6(8(5)11)9(12)13;/h3-4H,2H2,1H3,(H2,12,13);1H. The normalized spacial score (nSPS) is 10.1. The summed E-state index contributed by atoms with van der Waals surface area (Å²) in [7, 11) is 0. The van der Waals surface area contributed by atoms with Crippen molar-refractivity contribution in [2.75, 3.05) is 0 Å². The molecule has 0 saturated carbocycles. The Bertz CT molecular complexity index is 355. The molecule has 0 atom stereocenters. The Hall–Kier alpha value is -1.45. The maximum Gasteiger partial charge on any atom is 0.251 e. The Kier molecular flexibility index (Phi) is 2.60. The van der Waals surface area contributed by atoms with Crippen LogP contribution in [0.15, 0.2) is 12.1 Å². The molecule has 0 fully saturated rings. The summed E-state index contributed by atoms with van der Waals surface area (Å²) in [6.07, 6.45) is 0.193. The van der Waals surface area contributed by atoms with Crippen LogP contribution in [0, 0.1) is 11.6 Å². The van der Waals surface area contributed by atoms with E-state index in [-0.39, 0.29) is 19.0 Å². The second-order valence-electron chi connectivity index (χ2n) is 2.61. The molecule has 0 aliphatic carbocycles. The number of nitrogens with two attached hydrogens (primary N) is 1. The second kappa shape index (κ2) is 3.51. The van der Waals surface area contributed by atoms with Gasteiger partial charge in [-0.25, -0.2) is 8.78 Å². The topological polar surface area (TPSA) is 43.1 Å². The third-order valence-electron chi connectivity index (χ3n) is 1.81. The first-order chi connectivity index (χ1) is 6.07.